The molecule has 0 aliphatic heterocycles. The molecule has 0 radical (unpaired) electrons. The largest absolute Gasteiger partial charge is 0.480 e. The lowest BCUT2D eigenvalue weighted by Crippen LogP contribution is -2.62. The summed E-state index contributed by atoms with van der Waals surface area (Å²) < 4.78 is 0. The van der Waals surface area contributed by atoms with Crippen molar-refractivity contribution in [2.75, 3.05) is 0 Å². The van der Waals surface area contributed by atoms with Gasteiger partial charge in [0.1, 0.15) is 5.54 Å². The van der Waals surface area contributed by atoms with Crippen LogP contribution in [0.25, 0.3) is 0 Å². The monoisotopic (exact) mass is 305 g/mol. The van der Waals surface area contributed by atoms with Crippen molar-refractivity contribution in [1.82, 2.24) is 5.32 Å². The Morgan fingerprint density at radius 3 is 1.82 bits per heavy atom. The van der Waals surface area contributed by atoms with Gasteiger partial charge in [0, 0.05) is 5.41 Å². The lowest BCUT2D eigenvalue weighted by atomic mass is 9.49. The molecule has 0 aromatic carbocycles. The Morgan fingerprint density at radius 2 is 1.36 bits per heavy atom. The second-order valence-electron chi connectivity index (χ2n) is 8.60. The fourth-order valence-electron chi connectivity index (χ4n) is 6.29. The molecule has 0 unspecified atom stereocenters. The van der Waals surface area contributed by atoms with Crippen molar-refractivity contribution in [3.63, 3.8) is 0 Å². The van der Waals surface area contributed by atoms with Crippen molar-refractivity contribution < 1.29 is 14.7 Å². The average molecular weight is 305 g/mol. The highest BCUT2D eigenvalue weighted by molar-refractivity contribution is 5.90. The van der Waals surface area contributed by atoms with E-state index in [1.165, 1.54) is 19.3 Å². The van der Waals surface area contributed by atoms with Crippen LogP contribution in [0.15, 0.2) is 0 Å². The van der Waals surface area contributed by atoms with E-state index in [1.807, 2.05) is 0 Å². The molecular formula is C18H27NO3. The fourth-order valence-corrected chi connectivity index (χ4v) is 6.29. The average Bonchev–Trinajstić information content (AvgIpc) is 2.46. The van der Waals surface area contributed by atoms with E-state index in [9.17, 15) is 14.7 Å². The topological polar surface area (TPSA) is 66.4 Å². The molecule has 0 spiro atoms. The zero-order chi connectivity index (χ0) is 15.4. The Balaban J connectivity index is 1.55. The maximum atomic E-state index is 13.1. The lowest BCUT2D eigenvalue weighted by molar-refractivity contribution is -0.157. The Labute approximate surface area is 132 Å². The van der Waals surface area contributed by atoms with Crippen molar-refractivity contribution in [2.24, 2.45) is 23.2 Å². The van der Waals surface area contributed by atoms with Gasteiger partial charge in [0.2, 0.25) is 5.91 Å². The van der Waals surface area contributed by atoms with Gasteiger partial charge in [-0.3, -0.25) is 4.79 Å². The SMILES string of the molecule is O=C(NC1(C(=O)O)CCCCC1)C12CC3CC(CC(C3)C1)C2. The second kappa shape index (κ2) is 4.97. The smallest absolute Gasteiger partial charge is 0.329 e. The highest BCUT2D eigenvalue weighted by Gasteiger charge is 2.56. The molecule has 0 heterocycles. The Kier molecular flexibility index (Phi) is 3.28. The molecule has 4 bridgehead atoms. The number of carbonyl (C=O) groups is 2. The third-order valence-electron chi connectivity index (χ3n) is 6.99. The number of carboxylic acids is 1. The summed E-state index contributed by atoms with van der Waals surface area (Å²) in [5, 5.41) is 12.8. The van der Waals surface area contributed by atoms with Gasteiger partial charge in [-0.25, -0.2) is 4.79 Å². The number of aliphatic carboxylic acids is 1. The molecule has 1 amide bonds. The number of carboxylic acid groups (broad SMARTS) is 1. The number of rotatable bonds is 3. The van der Waals surface area contributed by atoms with Gasteiger partial charge in [-0.1, -0.05) is 19.3 Å². The summed E-state index contributed by atoms with van der Waals surface area (Å²) in [7, 11) is 0. The van der Waals surface area contributed by atoms with Crippen molar-refractivity contribution in [2.45, 2.75) is 76.2 Å². The van der Waals surface area contributed by atoms with Crippen LogP contribution in [0.4, 0.5) is 0 Å². The molecule has 0 aromatic rings. The number of amides is 1. The molecular weight excluding hydrogens is 278 g/mol. The van der Waals surface area contributed by atoms with Crippen LogP contribution in [-0.2, 0) is 9.59 Å². The molecule has 2 N–H and O–H groups in total. The summed E-state index contributed by atoms with van der Waals surface area (Å²) in [6.07, 6.45) is 11.0. The number of nitrogens with one attached hydrogen (secondary N) is 1. The summed E-state index contributed by atoms with van der Waals surface area (Å²) in [4.78, 5) is 24.9. The van der Waals surface area contributed by atoms with Gasteiger partial charge < -0.3 is 10.4 Å². The highest BCUT2D eigenvalue weighted by atomic mass is 16.4. The van der Waals surface area contributed by atoms with E-state index < -0.39 is 11.5 Å². The maximum absolute atomic E-state index is 13.1. The first-order chi connectivity index (χ1) is 10.5. The maximum Gasteiger partial charge on any atom is 0.329 e. The summed E-state index contributed by atoms with van der Waals surface area (Å²) in [6.45, 7) is 0. The minimum Gasteiger partial charge on any atom is -0.480 e. The highest BCUT2D eigenvalue weighted by Crippen LogP contribution is 2.60. The number of carbonyl (C=O) groups excluding carboxylic acids is 1. The van der Waals surface area contributed by atoms with Crippen molar-refractivity contribution in [3.05, 3.63) is 0 Å². The van der Waals surface area contributed by atoms with Gasteiger partial charge in [0.25, 0.3) is 0 Å². The molecule has 5 aliphatic rings. The molecule has 0 aromatic heterocycles. The van der Waals surface area contributed by atoms with Gasteiger partial charge in [-0.2, -0.15) is 0 Å². The molecule has 5 saturated carbocycles. The lowest BCUT2D eigenvalue weighted by Gasteiger charge is -2.56. The first-order valence-electron chi connectivity index (χ1n) is 9.07. The number of hydrogen-bond donors (Lipinski definition) is 2. The molecule has 5 rings (SSSR count). The van der Waals surface area contributed by atoms with E-state index in [0.29, 0.717) is 30.6 Å². The Hall–Kier alpha value is -1.06. The molecule has 4 nitrogen and oxygen atoms in total. The molecule has 22 heavy (non-hydrogen) atoms. The van der Waals surface area contributed by atoms with Crippen LogP contribution in [0.2, 0.25) is 0 Å². The predicted molar refractivity (Wildman–Crippen MR) is 82.2 cm³/mol. The fraction of sp³-hybridized carbons (Fsp3) is 0.889. The quantitative estimate of drug-likeness (QED) is 0.842. The third kappa shape index (κ3) is 2.17. The van der Waals surface area contributed by atoms with Crippen LogP contribution >= 0.6 is 0 Å². The zero-order valence-corrected chi connectivity index (χ0v) is 13.3. The van der Waals surface area contributed by atoms with Gasteiger partial charge in [0.15, 0.2) is 0 Å². The van der Waals surface area contributed by atoms with Crippen LogP contribution < -0.4 is 5.32 Å². The van der Waals surface area contributed by atoms with Crippen molar-refractivity contribution in [3.8, 4) is 0 Å². The molecule has 0 saturated heterocycles. The molecule has 0 atom stereocenters. The Morgan fingerprint density at radius 1 is 0.864 bits per heavy atom. The molecule has 5 aliphatic carbocycles. The van der Waals surface area contributed by atoms with Gasteiger partial charge in [-0.15, -0.1) is 0 Å². The summed E-state index contributed by atoms with van der Waals surface area (Å²) >= 11 is 0. The summed E-state index contributed by atoms with van der Waals surface area (Å²) in [5.74, 6) is 1.37. The standard InChI is InChI=1S/C18H27NO3/c20-15(19-18(16(21)22)4-2-1-3-5-18)17-9-12-6-13(10-17)8-14(7-12)11-17/h12-14H,1-11H2,(H,19,20)(H,21,22). The van der Waals surface area contributed by atoms with Gasteiger partial charge in [-0.05, 0) is 69.1 Å². The predicted octanol–water partition coefficient (Wildman–Crippen LogP) is 3.11. The normalized spacial score (nSPS) is 42.1. The zero-order valence-electron chi connectivity index (χ0n) is 13.3. The van der Waals surface area contributed by atoms with E-state index in [4.69, 9.17) is 0 Å². The van der Waals surface area contributed by atoms with Crippen molar-refractivity contribution in [1.29, 1.82) is 0 Å². The van der Waals surface area contributed by atoms with Crippen LogP contribution in [0.5, 0.6) is 0 Å². The van der Waals surface area contributed by atoms with Crippen LogP contribution in [-0.4, -0.2) is 22.5 Å². The Bertz CT molecular complexity index is 457. The van der Waals surface area contributed by atoms with E-state index in [-0.39, 0.29) is 11.3 Å². The minimum atomic E-state index is -0.987. The third-order valence-corrected chi connectivity index (χ3v) is 6.99. The molecule has 4 heteroatoms. The summed E-state index contributed by atoms with van der Waals surface area (Å²) in [6, 6.07) is 0. The van der Waals surface area contributed by atoms with Crippen LogP contribution in [0.1, 0.15) is 70.6 Å². The second-order valence-corrected chi connectivity index (χ2v) is 8.60. The van der Waals surface area contributed by atoms with E-state index in [2.05, 4.69) is 5.32 Å². The van der Waals surface area contributed by atoms with Crippen LogP contribution in [0.3, 0.4) is 0 Å². The van der Waals surface area contributed by atoms with Gasteiger partial charge in [0.05, 0.1) is 0 Å². The summed E-state index contributed by atoms with van der Waals surface area (Å²) in [5.41, 5.74) is -1.23. The number of hydrogen-bond acceptors (Lipinski definition) is 2. The van der Waals surface area contributed by atoms with E-state index >= 15 is 0 Å². The molecule has 5 fully saturated rings. The van der Waals surface area contributed by atoms with E-state index in [1.54, 1.807) is 0 Å². The van der Waals surface area contributed by atoms with Crippen molar-refractivity contribution >= 4 is 11.9 Å². The van der Waals surface area contributed by atoms with E-state index in [0.717, 1.165) is 38.5 Å². The first kappa shape index (κ1) is 14.5. The first-order valence-corrected chi connectivity index (χ1v) is 9.07. The van der Waals surface area contributed by atoms with Gasteiger partial charge >= 0.3 is 5.97 Å². The minimum absolute atomic E-state index is 0.0656. The molecule has 122 valence electrons. The van der Waals surface area contributed by atoms with Crippen LogP contribution in [0, 0.1) is 23.2 Å².